The van der Waals surface area contributed by atoms with Crippen molar-refractivity contribution in [3.8, 4) is 0 Å². The zero-order valence-corrected chi connectivity index (χ0v) is 11.9. The Labute approximate surface area is 119 Å². The van der Waals surface area contributed by atoms with Crippen molar-refractivity contribution in [1.82, 2.24) is 0 Å². The highest BCUT2D eigenvalue weighted by Gasteiger charge is 2.07. The number of aromatic carboxylic acids is 1. The highest BCUT2D eigenvalue weighted by molar-refractivity contribution is 9.10. The van der Waals surface area contributed by atoms with Crippen molar-refractivity contribution in [3.63, 3.8) is 0 Å². The van der Waals surface area contributed by atoms with Gasteiger partial charge in [0.25, 0.3) is 0 Å². The lowest BCUT2D eigenvalue weighted by molar-refractivity contribution is 0.0697. The molecule has 2 aromatic rings. The number of carbonyl (C=O) groups is 1. The van der Waals surface area contributed by atoms with Gasteiger partial charge >= 0.3 is 5.97 Å². The third-order valence-electron chi connectivity index (χ3n) is 2.75. The van der Waals surface area contributed by atoms with Crippen molar-refractivity contribution in [2.75, 3.05) is 11.1 Å². The number of nitrogens with two attached hydrogens (primary N) is 1. The predicted octanol–water partition coefficient (Wildman–Crippen LogP) is 3.78. The Hall–Kier alpha value is -2.01. The van der Waals surface area contributed by atoms with Crippen LogP contribution >= 0.6 is 15.9 Å². The van der Waals surface area contributed by atoms with Crippen LogP contribution in [0.25, 0.3) is 0 Å². The summed E-state index contributed by atoms with van der Waals surface area (Å²) in [4.78, 5) is 10.8. The van der Waals surface area contributed by atoms with Crippen LogP contribution in [0.3, 0.4) is 0 Å². The molecule has 0 amide bonds. The van der Waals surface area contributed by atoms with Gasteiger partial charge in [-0.05, 0) is 42.8 Å². The molecule has 5 heteroatoms. The van der Waals surface area contributed by atoms with Crippen LogP contribution in [-0.4, -0.2) is 11.1 Å². The van der Waals surface area contributed by atoms with Gasteiger partial charge in [0.1, 0.15) is 0 Å². The van der Waals surface area contributed by atoms with Crippen LogP contribution in [0.1, 0.15) is 15.9 Å². The molecule has 0 atom stereocenters. The number of rotatable bonds is 3. The largest absolute Gasteiger partial charge is 0.478 e. The van der Waals surface area contributed by atoms with Gasteiger partial charge < -0.3 is 16.2 Å². The number of halogens is 1. The number of carboxylic acids is 1. The lowest BCUT2D eigenvalue weighted by Crippen LogP contribution is -2.01. The second-order valence-corrected chi connectivity index (χ2v) is 5.05. The number of hydrogen-bond donors (Lipinski definition) is 3. The van der Waals surface area contributed by atoms with E-state index in [1.54, 1.807) is 6.07 Å². The van der Waals surface area contributed by atoms with Gasteiger partial charge in [0, 0.05) is 10.2 Å². The number of benzene rings is 2. The SMILES string of the molecule is Cc1ccc(Nc2ccc(C(=O)O)cc2N)cc1Br. The minimum Gasteiger partial charge on any atom is -0.478 e. The Bertz CT molecular complexity index is 641. The summed E-state index contributed by atoms with van der Waals surface area (Å²) in [6.45, 7) is 2.00. The van der Waals surface area contributed by atoms with Crippen LogP contribution in [0.15, 0.2) is 40.9 Å². The van der Waals surface area contributed by atoms with E-state index in [1.807, 2.05) is 25.1 Å². The van der Waals surface area contributed by atoms with E-state index in [9.17, 15) is 4.79 Å². The maximum absolute atomic E-state index is 10.8. The van der Waals surface area contributed by atoms with E-state index in [-0.39, 0.29) is 5.56 Å². The summed E-state index contributed by atoms with van der Waals surface area (Å²) in [7, 11) is 0. The molecular formula is C14H13BrN2O2. The molecule has 0 aromatic heterocycles. The Balaban J connectivity index is 2.28. The second-order valence-electron chi connectivity index (χ2n) is 4.20. The van der Waals surface area contributed by atoms with Gasteiger partial charge in [-0.2, -0.15) is 0 Å². The molecule has 2 rings (SSSR count). The average molecular weight is 321 g/mol. The number of aryl methyl sites for hydroxylation is 1. The Morgan fingerprint density at radius 3 is 2.58 bits per heavy atom. The minimum atomic E-state index is -0.990. The maximum Gasteiger partial charge on any atom is 0.335 e. The van der Waals surface area contributed by atoms with Gasteiger partial charge in [0.15, 0.2) is 0 Å². The molecule has 0 fully saturated rings. The van der Waals surface area contributed by atoms with Crippen molar-refractivity contribution in [2.24, 2.45) is 0 Å². The molecule has 0 unspecified atom stereocenters. The lowest BCUT2D eigenvalue weighted by atomic mass is 10.1. The van der Waals surface area contributed by atoms with E-state index in [0.717, 1.165) is 15.7 Å². The molecule has 0 bridgehead atoms. The molecule has 2 aromatic carbocycles. The second kappa shape index (κ2) is 5.32. The smallest absolute Gasteiger partial charge is 0.335 e. The maximum atomic E-state index is 10.8. The normalized spacial score (nSPS) is 10.2. The first kappa shape index (κ1) is 13.4. The molecule has 4 N–H and O–H groups in total. The number of carboxylic acid groups (broad SMARTS) is 1. The Morgan fingerprint density at radius 1 is 1.26 bits per heavy atom. The highest BCUT2D eigenvalue weighted by Crippen LogP contribution is 2.27. The molecule has 4 nitrogen and oxygen atoms in total. The quantitative estimate of drug-likeness (QED) is 0.752. The van der Waals surface area contributed by atoms with Crippen LogP contribution < -0.4 is 11.1 Å². The van der Waals surface area contributed by atoms with Gasteiger partial charge in [-0.1, -0.05) is 22.0 Å². The van der Waals surface area contributed by atoms with Crippen molar-refractivity contribution < 1.29 is 9.90 Å². The van der Waals surface area contributed by atoms with Gasteiger partial charge in [0.05, 0.1) is 16.9 Å². The molecule has 0 saturated carbocycles. The predicted molar refractivity (Wildman–Crippen MR) is 80.0 cm³/mol. The van der Waals surface area contributed by atoms with Gasteiger partial charge in [-0.3, -0.25) is 0 Å². The van der Waals surface area contributed by atoms with E-state index >= 15 is 0 Å². The van der Waals surface area contributed by atoms with Crippen LogP contribution in [-0.2, 0) is 0 Å². The first-order chi connectivity index (χ1) is 8.97. The minimum absolute atomic E-state index is 0.174. The van der Waals surface area contributed by atoms with E-state index in [0.29, 0.717) is 11.4 Å². The van der Waals surface area contributed by atoms with Crippen molar-refractivity contribution in [3.05, 3.63) is 52.0 Å². The Kier molecular flexibility index (Phi) is 3.76. The standard InChI is InChI=1S/C14H13BrN2O2/c1-8-2-4-10(7-11(8)15)17-13-5-3-9(14(18)19)6-12(13)16/h2-7,17H,16H2,1H3,(H,18,19). The van der Waals surface area contributed by atoms with Crippen LogP contribution in [0.4, 0.5) is 17.1 Å². The summed E-state index contributed by atoms with van der Waals surface area (Å²) in [5.74, 6) is -0.990. The summed E-state index contributed by atoms with van der Waals surface area (Å²) in [6, 6.07) is 10.5. The van der Waals surface area contributed by atoms with E-state index < -0.39 is 5.97 Å². The first-order valence-corrected chi connectivity index (χ1v) is 6.42. The van der Waals surface area contributed by atoms with Gasteiger partial charge in [0.2, 0.25) is 0 Å². The number of nitrogens with one attached hydrogen (secondary N) is 1. The zero-order valence-electron chi connectivity index (χ0n) is 10.3. The van der Waals surface area contributed by atoms with Gasteiger partial charge in [-0.15, -0.1) is 0 Å². The lowest BCUT2D eigenvalue weighted by Gasteiger charge is -2.11. The number of hydrogen-bond acceptors (Lipinski definition) is 3. The van der Waals surface area contributed by atoms with Crippen molar-refractivity contribution >= 4 is 39.0 Å². The fraction of sp³-hybridized carbons (Fsp3) is 0.0714. The molecule has 0 aliphatic rings. The fourth-order valence-corrected chi connectivity index (χ4v) is 2.01. The average Bonchev–Trinajstić information content (AvgIpc) is 2.36. The summed E-state index contributed by atoms with van der Waals surface area (Å²) in [5, 5.41) is 12.0. The summed E-state index contributed by atoms with van der Waals surface area (Å²) in [5.41, 5.74) is 9.11. The number of nitrogen functional groups attached to an aromatic ring is 1. The summed E-state index contributed by atoms with van der Waals surface area (Å²) >= 11 is 3.46. The first-order valence-electron chi connectivity index (χ1n) is 5.63. The molecule has 19 heavy (non-hydrogen) atoms. The number of anilines is 3. The molecule has 0 saturated heterocycles. The molecule has 0 aliphatic carbocycles. The Morgan fingerprint density at radius 2 is 2.00 bits per heavy atom. The molecular weight excluding hydrogens is 308 g/mol. The van der Waals surface area contributed by atoms with Crippen molar-refractivity contribution in [1.29, 1.82) is 0 Å². The molecule has 0 heterocycles. The third-order valence-corrected chi connectivity index (χ3v) is 3.60. The van der Waals surface area contributed by atoms with Gasteiger partial charge in [-0.25, -0.2) is 4.79 Å². The van der Waals surface area contributed by atoms with Crippen LogP contribution in [0, 0.1) is 6.92 Å². The van der Waals surface area contributed by atoms with Crippen LogP contribution in [0.5, 0.6) is 0 Å². The molecule has 98 valence electrons. The van der Waals surface area contributed by atoms with E-state index in [1.165, 1.54) is 12.1 Å². The van der Waals surface area contributed by atoms with Crippen LogP contribution in [0.2, 0.25) is 0 Å². The molecule has 0 aliphatic heterocycles. The summed E-state index contributed by atoms with van der Waals surface area (Å²) in [6.07, 6.45) is 0. The third kappa shape index (κ3) is 3.06. The molecule has 0 spiro atoms. The van der Waals surface area contributed by atoms with Crippen molar-refractivity contribution in [2.45, 2.75) is 6.92 Å². The zero-order chi connectivity index (χ0) is 14.0. The summed E-state index contributed by atoms with van der Waals surface area (Å²) < 4.78 is 0.998. The van der Waals surface area contributed by atoms with E-state index in [4.69, 9.17) is 10.8 Å². The topological polar surface area (TPSA) is 75.3 Å². The molecule has 0 radical (unpaired) electrons. The van der Waals surface area contributed by atoms with E-state index in [2.05, 4.69) is 21.2 Å². The monoisotopic (exact) mass is 320 g/mol. The fourth-order valence-electron chi connectivity index (χ4n) is 1.64. The highest BCUT2D eigenvalue weighted by atomic mass is 79.9.